The fourth-order valence-corrected chi connectivity index (χ4v) is 2.06. The Hall–Kier alpha value is -2.17. The molecule has 1 aromatic rings. The Balaban J connectivity index is 2.54. The molecule has 88 valence electrons. The molecule has 0 radical (unpaired) electrons. The van der Waals surface area contributed by atoms with Gasteiger partial charge in [-0.15, -0.1) is 0 Å². The third-order valence-electron chi connectivity index (χ3n) is 3.03. The quantitative estimate of drug-likeness (QED) is 0.736. The molecular formula is C12H12N2O3. The second-order valence-electron chi connectivity index (χ2n) is 3.86. The number of carbonyl (C=O) groups excluding carboxylic acids is 3. The van der Waals surface area contributed by atoms with Crippen LogP contribution in [0, 0.1) is 0 Å². The van der Waals surface area contributed by atoms with Gasteiger partial charge in [0.25, 0.3) is 0 Å². The second kappa shape index (κ2) is 4.01. The van der Waals surface area contributed by atoms with Crippen molar-refractivity contribution < 1.29 is 14.4 Å². The number of nitrogens with one attached hydrogen (secondary N) is 2. The van der Waals surface area contributed by atoms with Gasteiger partial charge in [-0.2, -0.15) is 0 Å². The van der Waals surface area contributed by atoms with Crippen molar-refractivity contribution in [2.75, 3.05) is 0 Å². The topological polar surface area (TPSA) is 75.3 Å². The Labute approximate surface area is 98.2 Å². The summed E-state index contributed by atoms with van der Waals surface area (Å²) in [7, 11) is 0. The smallest absolute Gasteiger partial charge is 0.277 e. The molecule has 0 aromatic heterocycles. The highest BCUT2D eigenvalue weighted by atomic mass is 16.2. The molecule has 1 aliphatic rings. The van der Waals surface area contributed by atoms with Gasteiger partial charge in [0.2, 0.25) is 11.8 Å². The molecule has 0 aliphatic carbocycles. The van der Waals surface area contributed by atoms with Crippen molar-refractivity contribution in [1.29, 1.82) is 0 Å². The molecule has 0 bridgehead atoms. The van der Waals surface area contributed by atoms with Gasteiger partial charge < -0.3 is 0 Å². The summed E-state index contributed by atoms with van der Waals surface area (Å²) in [6, 6.07) is 7.96. The third kappa shape index (κ3) is 1.60. The first kappa shape index (κ1) is 11.3. The monoisotopic (exact) mass is 231 g/mol. The van der Waals surface area contributed by atoms with E-state index in [1.165, 1.54) is 0 Å². The molecular weight excluding hydrogens is 219 g/mol. The maximum Gasteiger partial charge on any atom is 0.328 e. The van der Waals surface area contributed by atoms with Gasteiger partial charge in [-0.1, -0.05) is 37.3 Å². The van der Waals surface area contributed by atoms with E-state index < -0.39 is 23.3 Å². The van der Waals surface area contributed by atoms with Gasteiger partial charge in [-0.25, -0.2) is 4.79 Å². The first-order valence-electron chi connectivity index (χ1n) is 5.33. The summed E-state index contributed by atoms with van der Waals surface area (Å²) in [5, 5.41) is 4.28. The molecule has 5 heteroatoms. The lowest BCUT2D eigenvalue weighted by atomic mass is 9.73. The Morgan fingerprint density at radius 1 is 1.00 bits per heavy atom. The van der Waals surface area contributed by atoms with Crippen LogP contribution in [0.25, 0.3) is 0 Å². The van der Waals surface area contributed by atoms with Gasteiger partial charge in [-0.05, 0) is 12.0 Å². The molecule has 0 spiro atoms. The molecule has 0 unspecified atom stereocenters. The molecule has 1 fully saturated rings. The molecule has 17 heavy (non-hydrogen) atoms. The highest BCUT2D eigenvalue weighted by Gasteiger charge is 2.50. The highest BCUT2D eigenvalue weighted by molar-refractivity contribution is 6.22. The summed E-state index contributed by atoms with van der Waals surface area (Å²) in [6.07, 6.45) is 0.294. The lowest BCUT2D eigenvalue weighted by Crippen LogP contribution is -2.64. The summed E-state index contributed by atoms with van der Waals surface area (Å²) >= 11 is 0. The van der Waals surface area contributed by atoms with Gasteiger partial charge in [-0.3, -0.25) is 20.2 Å². The summed E-state index contributed by atoms with van der Waals surface area (Å²) in [5.41, 5.74) is -0.722. The van der Waals surface area contributed by atoms with E-state index in [1.54, 1.807) is 37.3 Å². The maximum atomic E-state index is 12.0. The second-order valence-corrected chi connectivity index (χ2v) is 3.86. The van der Waals surface area contributed by atoms with Crippen LogP contribution in [0.15, 0.2) is 30.3 Å². The zero-order chi connectivity index (χ0) is 12.5. The van der Waals surface area contributed by atoms with E-state index in [-0.39, 0.29) is 0 Å². The van der Waals surface area contributed by atoms with Crippen LogP contribution in [-0.4, -0.2) is 17.8 Å². The van der Waals surface area contributed by atoms with Crippen LogP contribution in [0.5, 0.6) is 0 Å². The largest absolute Gasteiger partial charge is 0.328 e. The summed E-state index contributed by atoms with van der Waals surface area (Å²) in [4.78, 5) is 35.0. The number of amides is 4. The van der Waals surface area contributed by atoms with E-state index in [0.717, 1.165) is 0 Å². The molecule has 2 N–H and O–H groups in total. The number of urea groups is 1. The van der Waals surface area contributed by atoms with E-state index >= 15 is 0 Å². The molecule has 0 atom stereocenters. The van der Waals surface area contributed by atoms with Crippen molar-refractivity contribution in [2.24, 2.45) is 0 Å². The zero-order valence-corrected chi connectivity index (χ0v) is 9.32. The van der Waals surface area contributed by atoms with Crippen LogP contribution in [0.2, 0.25) is 0 Å². The minimum atomic E-state index is -1.31. The lowest BCUT2D eigenvalue weighted by Gasteiger charge is -2.33. The average Bonchev–Trinajstić information content (AvgIpc) is 2.30. The average molecular weight is 231 g/mol. The van der Waals surface area contributed by atoms with E-state index in [0.29, 0.717) is 12.0 Å². The van der Waals surface area contributed by atoms with Crippen molar-refractivity contribution in [1.82, 2.24) is 10.6 Å². The van der Waals surface area contributed by atoms with Gasteiger partial charge in [0.1, 0.15) is 0 Å². The number of hydrogen-bond donors (Lipinski definition) is 2. The predicted octanol–water partition coefficient (Wildman–Crippen LogP) is 0.700. The first-order chi connectivity index (χ1) is 8.11. The number of barbiturate groups is 1. The van der Waals surface area contributed by atoms with Crippen LogP contribution in [0.4, 0.5) is 4.79 Å². The minimum absolute atomic E-state index is 0.294. The van der Waals surface area contributed by atoms with Gasteiger partial charge in [0, 0.05) is 0 Å². The van der Waals surface area contributed by atoms with Crippen molar-refractivity contribution >= 4 is 17.8 Å². The Kier molecular flexibility index (Phi) is 2.67. The number of imide groups is 2. The Morgan fingerprint density at radius 2 is 1.53 bits per heavy atom. The van der Waals surface area contributed by atoms with Crippen molar-refractivity contribution in [2.45, 2.75) is 18.8 Å². The number of hydrogen-bond acceptors (Lipinski definition) is 3. The van der Waals surface area contributed by atoms with Crippen molar-refractivity contribution in [3.63, 3.8) is 0 Å². The summed E-state index contributed by atoms with van der Waals surface area (Å²) in [5.74, 6) is -1.14. The van der Waals surface area contributed by atoms with Crippen molar-refractivity contribution in [3.8, 4) is 0 Å². The fourth-order valence-electron chi connectivity index (χ4n) is 2.06. The van der Waals surface area contributed by atoms with Crippen LogP contribution in [-0.2, 0) is 15.0 Å². The summed E-state index contributed by atoms with van der Waals surface area (Å²) in [6.45, 7) is 1.74. The summed E-state index contributed by atoms with van der Waals surface area (Å²) < 4.78 is 0. The van der Waals surface area contributed by atoms with E-state index in [9.17, 15) is 14.4 Å². The lowest BCUT2D eigenvalue weighted by molar-refractivity contribution is -0.138. The van der Waals surface area contributed by atoms with Crippen molar-refractivity contribution in [3.05, 3.63) is 35.9 Å². The van der Waals surface area contributed by atoms with Crippen LogP contribution in [0.3, 0.4) is 0 Å². The third-order valence-corrected chi connectivity index (χ3v) is 3.03. The Bertz CT molecular complexity index is 462. The minimum Gasteiger partial charge on any atom is -0.277 e. The SMILES string of the molecule is CCC1(c2ccccc2)C(=O)N[11C](=O)NC1=O. The molecule has 1 saturated heterocycles. The standard InChI is InChI=1S/C12H12N2O3/c1-2-12(8-6-4-3-5-7-8)9(15)13-11(17)14-10(12)16/h3-7H,2H2,1H3,(H2,13,14,15,16,17)/i11-1. The molecule has 5 nitrogen and oxygen atoms in total. The molecule has 2 rings (SSSR count). The molecule has 0 saturated carbocycles. The number of benzene rings is 1. The van der Waals surface area contributed by atoms with Gasteiger partial charge in [0.05, 0.1) is 0 Å². The van der Waals surface area contributed by atoms with E-state index in [4.69, 9.17) is 0 Å². The molecule has 1 aliphatic heterocycles. The Morgan fingerprint density at radius 3 is 2.00 bits per heavy atom. The zero-order valence-electron chi connectivity index (χ0n) is 9.32. The maximum absolute atomic E-state index is 12.0. The number of rotatable bonds is 2. The first-order valence-corrected chi connectivity index (χ1v) is 5.33. The van der Waals surface area contributed by atoms with Gasteiger partial charge in [0.15, 0.2) is 5.41 Å². The van der Waals surface area contributed by atoms with E-state index in [1.807, 2.05) is 0 Å². The van der Waals surface area contributed by atoms with Crippen LogP contribution in [0.1, 0.15) is 18.9 Å². The van der Waals surface area contributed by atoms with Gasteiger partial charge >= 0.3 is 6.03 Å². The normalized spacial score (nSPS) is 18.5. The van der Waals surface area contributed by atoms with Crippen LogP contribution >= 0.6 is 0 Å². The predicted molar refractivity (Wildman–Crippen MR) is 60.1 cm³/mol. The molecule has 1 heterocycles. The molecule has 4 amide bonds. The van der Waals surface area contributed by atoms with E-state index in [2.05, 4.69) is 10.6 Å². The highest BCUT2D eigenvalue weighted by Crippen LogP contribution is 2.30. The number of carbonyl (C=O) groups is 3. The van der Waals surface area contributed by atoms with Crippen LogP contribution < -0.4 is 10.6 Å². The molecule has 1 aromatic carbocycles. The fraction of sp³-hybridized carbons (Fsp3) is 0.250.